The molecule has 0 spiro atoms. The predicted octanol–water partition coefficient (Wildman–Crippen LogP) is 5.87. The number of thiazole rings is 1. The fourth-order valence-corrected chi connectivity index (χ4v) is 10.2. The van der Waals surface area contributed by atoms with Gasteiger partial charge in [-0.1, -0.05) is 20.8 Å². The molecule has 4 aliphatic heterocycles. The topological polar surface area (TPSA) is 140 Å². The monoisotopic (exact) mass is 845 g/mol. The first-order chi connectivity index (χ1) is 28.7. The average Bonchev–Trinajstić information content (AvgIpc) is 3.66. The Labute approximate surface area is 352 Å². The van der Waals surface area contributed by atoms with Gasteiger partial charge in [0, 0.05) is 72.8 Å². The van der Waals surface area contributed by atoms with Crippen molar-refractivity contribution < 1.29 is 37.4 Å². The molecule has 3 fully saturated rings. The van der Waals surface area contributed by atoms with Gasteiger partial charge in [-0.2, -0.15) is 0 Å². The summed E-state index contributed by atoms with van der Waals surface area (Å²) in [7, 11) is 1.61. The van der Waals surface area contributed by atoms with Gasteiger partial charge >= 0.3 is 5.97 Å². The van der Waals surface area contributed by atoms with Crippen LogP contribution in [0, 0.1) is 17.3 Å². The van der Waals surface area contributed by atoms with Crippen LogP contribution in [0.4, 0.5) is 14.5 Å². The average molecular weight is 846 g/mol. The standard InChI is InChI=1S/C44H53F2N7O6S/c1-24-13-29(24)40(54)49-34-17-36-48-35(21-60-36)26-14-27-18-44(45,46)22-52-38(27)30(15-26)32(19-43(3,4)23-59-42(56)33-7-6-8-53(50-33)41(34)55)39(52)31-16-28(51-9-11-58-12-10-51)20-47-37(31)25(2)57-5/h14-16,20-21,24-25,29,33-34,50H,6-13,17-19,22-23H2,1-5H3,(H,49,54)/t24-,25-,29-,33-,34-/m0/s1. The third-order valence-electron chi connectivity index (χ3n) is 12.7. The maximum absolute atomic E-state index is 16.2. The Kier molecular flexibility index (Phi) is 10.7. The van der Waals surface area contributed by atoms with E-state index < -0.39 is 48.5 Å². The van der Waals surface area contributed by atoms with Crippen molar-refractivity contribution in [2.75, 3.05) is 51.5 Å². The van der Waals surface area contributed by atoms with Crippen molar-refractivity contribution in [3.8, 4) is 22.5 Å². The molecule has 1 saturated carbocycles. The van der Waals surface area contributed by atoms with Crippen LogP contribution >= 0.6 is 11.3 Å². The molecule has 4 aromatic rings. The molecule has 60 heavy (non-hydrogen) atoms. The number of morpholine rings is 1. The maximum atomic E-state index is 16.2. The summed E-state index contributed by atoms with van der Waals surface area (Å²) in [4.78, 5) is 53.4. The highest BCUT2D eigenvalue weighted by Gasteiger charge is 2.43. The molecule has 1 aliphatic carbocycles. The summed E-state index contributed by atoms with van der Waals surface area (Å²) in [6.45, 7) is 10.3. The molecule has 5 aliphatic rings. The van der Waals surface area contributed by atoms with Gasteiger partial charge in [-0.3, -0.25) is 24.4 Å². The molecule has 6 bridgehead atoms. The van der Waals surface area contributed by atoms with Crippen LogP contribution in [0.2, 0.25) is 0 Å². The van der Waals surface area contributed by atoms with Crippen molar-refractivity contribution in [1.82, 2.24) is 30.3 Å². The number of hydrazine groups is 1. The normalized spacial score (nSPS) is 25.7. The maximum Gasteiger partial charge on any atom is 0.324 e. The highest BCUT2D eigenvalue weighted by Crippen LogP contribution is 2.47. The lowest BCUT2D eigenvalue weighted by Crippen LogP contribution is -2.60. The summed E-state index contributed by atoms with van der Waals surface area (Å²) in [6, 6.07) is 4.22. The van der Waals surface area contributed by atoms with Crippen LogP contribution in [-0.4, -0.2) is 102 Å². The molecular formula is C44H53F2N7O6S. The molecule has 13 nitrogen and oxygen atoms in total. The van der Waals surface area contributed by atoms with Gasteiger partial charge in [-0.25, -0.2) is 19.2 Å². The number of fused-ring (bicyclic) bond motifs is 6. The fraction of sp³-hybridized carbons (Fsp3) is 0.568. The molecule has 3 aromatic heterocycles. The van der Waals surface area contributed by atoms with Gasteiger partial charge in [0.15, 0.2) is 0 Å². The molecule has 2 amide bonds. The van der Waals surface area contributed by atoms with Crippen molar-refractivity contribution in [2.24, 2.45) is 17.3 Å². The first-order valence-corrected chi connectivity index (χ1v) is 22.0. The number of carbonyl (C=O) groups excluding carboxylic acids is 3. The summed E-state index contributed by atoms with van der Waals surface area (Å²) < 4.78 is 51.8. The second-order valence-corrected chi connectivity index (χ2v) is 19.0. The third-order valence-corrected chi connectivity index (χ3v) is 13.6. The molecule has 7 heterocycles. The van der Waals surface area contributed by atoms with E-state index in [0.29, 0.717) is 90.9 Å². The number of benzene rings is 1. The SMILES string of the molecule is CO[C@@H](C)c1ncc(N2CCOCC2)cc1-c1c2c3cc(cc4c3n1CC(F)(F)C4)-c1csc(n1)C[C@H](NC(=O)[C@H]1C[C@@H]1C)C(=O)N1CCC[C@H](N1)C(=O)OCC(C)(C)C2. The quantitative estimate of drug-likeness (QED) is 0.227. The summed E-state index contributed by atoms with van der Waals surface area (Å²) in [5.41, 5.74) is 8.66. The Bertz CT molecular complexity index is 2340. The van der Waals surface area contributed by atoms with Gasteiger partial charge in [-0.15, -0.1) is 11.3 Å². The van der Waals surface area contributed by atoms with Gasteiger partial charge in [0.25, 0.3) is 11.8 Å². The zero-order chi connectivity index (χ0) is 42.1. The molecule has 320 valence electrons. The van der Waals surface area contributed by atoms with Crippen LogP contribution in [0.1, 0.15) is 74.9 Å². The number of pyridine rings is 1. The number of nitrogens with zero attached hydrogens (tertiary/aromatic N) is 5. The molecule has 0 unspecified atom stereocenters. The lowest BCUT2D eigenvalue weighted by molar-refractivity contribution is -0.155. The van der Waals surface area contributed by atoms with E-state index in [1.165, 1.54) is 16.3 Å². The Morgan fingerprint density at radius 3 is 2.67 bits per heavy atom. The van der Waals surface area contributed by atoms with Crippen LogP contribution in [0.25, 0.3) is 33.4 Å². The summed E-state index contributed by atoms with van der Waals surface area (Å²) in [5, 5.41) is 7.76. The number of hydrogen-bond donors (Lipinski definition) is 2. The second-order valence-electron chi connectivity index (χ2n) is 18.1. The number of aromatic nitrogens is 3. The van der Waals surface area contributed by atoms with Gasteiger partial charge < -0.3 is 29.0 Å². The molecular weight excluding hydrogens is 793 g/mol. The van der Waals surface area contributed by atoms with Crippen molar-refractivity contribution in [2.45, 2.75) is 96.9 Å². The minimum absolute atomic E-state index is 0.0356. The van der Waals surface area contributed by atoms with Crippen molar-refractivity contribution >= 4 is 45.7 Å². The van der Waals surface area contributed by atoms with Gasteiger partial charge in [0.1, 0.15) is 12.1 Å². The highest BCUT2D eigenvalue weighted by atomic mass is 32.1. The Hall–Kier alpha value is -4.51. The summed E-state index contributed by atoms with van der Waals surface area (Å²) >= 11 is 1.36. The third kappa shape index (κ3) is 7.91. The van der Waals surface area contributed by atoms with E-state index in [4.69, 9.17) is 24.2 Å². The van der Waals surface area contributed by atoms with E-state index in [9.17, 15) is 14.4 Å². The number of halogens is 2. The van der Waals surface area contributed by atoms with Gasteiger partial charge in [0.2, 0.25) is 5.91 Å². The number of cyclic esters (lactones) is 1. The number of esters is 1. The predicted molar refractivity (Wildman–Crippen MR) is 223 cm³/mol. The van der Waals surface area contributed by atoms with E-state index in [1.54, 1.807) is 11.7 Å². The lowest BCUT2D eigenvalue weighted by atomic mass is 9.84. The largest absolute Gasteiger partial charge is 0.464 e. The van der Waals surface area contributed by atoms with Gasteiger partial charge in [0.05, 0.1) is 72.0 Å². The Balaban J connectivity index is 1.23. The number of amides is 2. The molecule has 0 radical (unpaired) electrons. The molecule has 2 N–H and O–H groups in total. The molecule has 9 rings (SSSR count). The highest BCUT2D eigenvalue weighted by molar-refractivity contribution is 7.10. The zero-order valence-corrected chi connectivity index (χ0v) is 35.6. The number of methoxy groups -OCH3 is 1. The van der Waals surface area contributed by atoms with E-state index >= 15 is 8.78 Å². The fourth-order valence-electron chi connectivity index (χ4n) is 9.30. The smallest absolute Gasteiger partial charge is 0.324 e. The Morgan fingerprint density at radius 2 is 1.92 bits per heavy atom. The minimum atomic E-state index is -3.07. The number of ether oxygens (including phenoxy) is 3. The van der Waals surface area contributed by atoms with E-state index in [-0.39, 0.29) is 36.7 Å². The number of nitrogens with one attached hydrogen (secondary N) is 2. The number of carbonyl (C=O) groups is 3. The minimum Gasteiger partial charge on any atom is -0.464 e. The number of rotatable bonds is 6. The van der Waals surface area contributed by atoms with Crippen LogP contribution < -0.4 is 15.6 Å². The zero-order valence-electron chi connectivity index (χ0n) is 34.8. The summed E-state index contributed by atoms with van der Waals surface area (Å²) in [5.74, 6) is -3.99. The van der Waals surface area contributed by atoms with Crippen LogP contribution in [0.3, 0.4) is 0 Å². The van der Waals surface area contributed by atoms with E-state index in [1.807, 2.05) is 51.4 Å². The van der Waals surface area contributed by atoms with Crippen molar-refractivity contribution in [3.63, 3.8) is 0 Å². The van der Waals surface area contributed by atoms with Crippen LogP contribution in [-0.2, 0) is 54.4 Å². The van der Waals surface area contributed by atoms with Crippen LogP contribution in [0.5, 0.6) is 0 Å². The van der Waals surface area contributed by atoms with Crippen LogP contribution in [0.15, 0.2) is 29.8 Å². The molecule has 16 heteroatoms. The molecule has 5 atom stereocenters. The van der Waals surface area contributed by atoms with Crippen molar-refractivity contribution in [1.29, 1.82) is 0 Å². The van der Waals surface area contributed by atoms with Gasteiger partial charge in [-0.05, 0) is 67.9 Å². The number of hydrogen-bond acceptors (Lipinski definition) is 11. The number of alkyl halides is 2. The summed E-state index contributed by atoms with van der Waals surface area (Å²) in [6.07, 6.45) is 3.24. The van der Waals surface area contributed by atoms with E-state index in [0.717, 1.165) is 28.6 Å². The lowest BCUT2D eigenvalue weighted by Gasteiger charge is -2.35. The molecule has 1 aromatic carbocycles. The molecule has 2 saturated heterocycles. The van der Waals surface area contributed by atoms with E-state index in [2.05, 4.69) is 21.7 Å². The first kappa shape index (κ1) is 40.9. The van der Waals surface area contributed by atoms with Crippen molar-refractivity contribution in [3.05, 3.63) is 51.6 Å². The second kappa shape index (κ2) is 15.8. The Morgan fingerprint density at radius 1 is 1.13 bits per heavy atom. The first-order valence-electron chi connectivity index (χ1n) is 21.1. The number of anilines is 1.